The van der Waals surface area contributed by atoms with E-state index in [0.29, 0.717) is 34.9 Å². The van der Waals surface area contributed by atoms with E-state index in [4.69, 9.17) is 0 Å². The number of anilines is 2. The lowest BCUT2D eigenvalue weighted by atomic mass is 10.0. The zero-order chi connectivity index (χ0) is 31.7. The number of aromatic nitrogens is 2. The van der Waals surface area contributed by atoms with Gasteiger partial charge in [-0.05, 0) is 73.9 Å². The van der Waals surface area contributed by atoms with Crippen LogP contribution in [0.25, 0.3) is 0 Å². The molecule has 0 saturated carbocycles. The minimum Gasteiger partial charge on any atom is -0.313 e. The van der Waals surface area contributed by atoms with Crippen molar-refractivity contribution in [2.24, 2.45) is 0 Å². The molecule has 0 saturated heterocycles. The van der Waals surface area contributed by atoms with Crippen molar-refractivity contribution in [1.82, 2.24) is 14.7 Å². The Morgan fingerprint density at radius 1 is 0.956 bits per heavy atom. The van der Waals surface area contributed by atoms with Crippen LogP contribution in [0.5, 0.6) is 0 Å². The lowest BCUT2D eigenvalue weighted by molar-refractivity contribution is 0.0942. The molecule has 5 aromatic rings. The van der Waals surface area contributed by atoms with Crippen LogP contribution in [0.3, 0.4) is 0 Å². The van der Waals surface area contributed by atoms with Gasteiger partial charge in [0.2, 0.25) is 0 Å². The van der Waals surface area contributed by atoms with Gasteiger partial charge in [0.15, 0.2) is 0 Å². The summed E-state index contributed by atoms with van der Waals surface area (Å²) in [6, 6.07) is 26.7. The average molecular weight is 640 g/mol. The highest BCUT2D eigenvalue weighted by Gasteiger charge is 2.31. The maximum absolute atomic E-state index is 13.9. The van der Waals surface area contributed by atoms with E-state index in [0.717, 1.165) is 29.2 Å². The molecule has 45 heavy (non-hydrogen) atoms. The molecule has 3 aromatic carbocycles. The smallest absolute Gasteiger partial charge is 0.281 e. The van der Waals surface area contributed by atoms with Crippen LogP contribution >= 0.6 is 11.3 Å². The summed E-state index contributed by atoms with van der Waals surface area (Å²) in [6.07, 6.45) is 0.663. The number of fused-ring (bicyclic) bond motifs is 1. The predicted molar refractivity (Wildman–Crippen MR) is 176 cm³/mol. The van der Waals surface area contributed by atoms with E-state index in [1.54, 1.807) is 24.3 Å². The number of aryl methyl sites for hydroxylation is 2. The second kappa shape index (κ2) is 12.4. The lowest BCUT2D eigenvalue weighted by Gasteiger charge is -2.27. The summed E-state index contributed by atoms with van der Waals surface area (Å²) in [7, 11) is -2.34. The number of carbonyl (C=O) groups is 2. The molecule has 0 fully saturated rings. The highest BCUT2D eigenvalue weighted by Crippen LogP contribution is 2.38. The van der Waals surface area contributed by atoms with Gasteiger partial charge in [0.25, 0.3) is 21.8 Å². The number of sulfonamides is 1. The Balaban J connectivity index is 1.28. The number of para-hydroxylation sites is 1. The molecular weight excluding hydrogens is 607 g/mol. The van der Waals surface area contributed by atoms with E-state index in [2.05, 4.69) is 27.4 Å². The number of hydrogen-bond acceptors (Lipinski definition) is 7. The minimum atomic E-state index is -3.83. The van der Waals surface area contributed by atoms with Crippen LogP contribution in [0.4, 0.5) is 10.7 Å². The first-order chi connectivity index (χ1) is 21.6. The molecule has 0 unspecified atom stereocenters. The summed E-state index contributed by atoms with van der Waals surface area (Å²) in [5.41, 5.74) is 4.86. The number of nitrogens with zero attached hydrogens (tertiary/aromatic N) is 4. The van der Waals surface area contributed by atoms with Gasteiger partial charge in [-0.15, -0.1) is 11.3 Å². The Hall–Kier alpha value is -4.58. The summed E-state index contributed by atoms with van der Waals surface area (Å²) in [4.78, 5) is 30.9. The van der Waals surface area contributed by atoms with E-state index in [1.807, 2.05) is 44.2 Å². The number of carbonyl (C=O) groups excluding carboxylic acids is 2. The summed E-state index contributed by atoms with van der Waals surface area (Å²) in [5.74, 6) is -0.715. The molecule has 3 heterocycles. The lowest BCUT2D eigenvalue weighted by Crippen LogP contribution is -2.30. The maximum atomic E-state index is 13.9. The van der Waals surface area contributed by atoms with Crippen molar-refractivity contribution in [3.63, 3.8) is 0 Å². The normalized spacial score (nSPS) is 13.3. The van der Waals surface area contributed by atoms with E-state index in [1.165, 1.54) is 57.2 Å². The van der Waals surface area contributed by atoms with Crippen molar-refractivity contribution >= 4 is 43.9 Å². The Morgan fingerprint density at radius 3 is 2.27 bits per heavy atom. The van der Waals surface area contributed by atoms with Crippen molar-refractivity contribution in [2.75, 3.05) is 23.2 Å². The molecule has 1 N–H and O–H groups in total. The summed E-state index contributed by atoms with van der Waals surface area (Å²) < 4.78 is 29.0. The molecule has 1 aliphatic heterocycles. The minimum absolute atomic E-state index is 0.0656. The molecular formula is C34H33N5O4S2. The van der Waals surface area contributed by atoms with Crippen LogP contribution in [0, 0.1) is 13.8 Å². The molecule has 0 bridgehead atoms. The Labute approximate surface area is 266 Å². The van der Waals surface area contributed by atoms with Gasteiger partial charge in [-0.25, -0.2) is 13.1 Å². The quantitative estimate of drug-likeness (QED) is 0.227. The van der Waals surface area contributed by atoms with Gasteiger partial charge in [-0.3, -0.25) is 18.8 Å². The highest BCUT2D eigenvalue weighted by molar-refractivity contribution is 7.92. The largest absolute Gasteiger partial charge is 0.313 e. The van der Waals surface area contributed by atoms with Crippen LogP contribution in [-0.4, -0.2) is 48.5 Å². The number of thiophene rings is 1. The van der Waals surface area contributed by atoms with Crippen molar-refractivity contribution < 1.29 is 18.0 Å². The summed E-state index contributed by atoms with van der Waals surface area (Å²) >= 11 is 1.41. The molecule has 0 radical (unpaired) electrons. The van der Waals surface area contributed by atoms with E-state index < -0.39 is 15.9 Å². The topological polar surface area (TPSA) is 105 Å². The van der Waals surface area contributed by atoms with Gasteiger partial charge >= 0.3 is 0 Å². The Bertz CT molecular complexity index is 1970. The van der Waals surface area contributed by atoms with Gasteiger partial charge in [0.1, 0.15) is 5.00 Å². The van der Waals surface area contributed by atoms with E-state index >= 15 is 0 Å². The molecule has 230 valence electrons. The van der Waals surface area contributed by atoms with Crippen molar-refractivity contribution in [3.8, 4) is 0 Å². The fourth-order valence-corrected chi connectivity index (χ4v) is 8.05. The Morgan fingerprint density at radius 2 is 1.62 bits per heavy atom. The fraction of sp³-hybridized carbons (Fsp3) is 0.206. The molecule has 6 rings (SSSR count). The van der Waals surface area contributed by atoms with Gasteiger partial charge in [-0.2, -0.15) is 5.10 Å². The van der Waals surface area contributed by atoms with Crippen molar-refractivity contribution in [2.45, 2.75) is 38.3 Å². The fourth-order valence-electron chi connectivity index (χ4n) is 5.58. The van der Waals surface area contributed by atoms with E-state index in [9.17, 15) is 18.0 Å². The van der Waals surface area contributed by atoms with Crippen LogP contribution in [0.2, 0.25) is 0 Å². The number of rotatable bonds is 8. The Kier molecular flexibility index (Phi) is 8.41. The average Bonchev–Trinajstić information content (AvgIpc) is 3.58. The van der Waals surface area contributed by atoms with Gasteiger partial charge in [0.05, 0.1) is 21.8 Å². The van der Waals surface area contributed by atoms with Gasteiger partial charge in [0, 0.05) is 42.8 Å². The van der Waals surface area contributed by atoms with Crippen LogP contribution < -0.4 is 9.62 Å². The first-order valence-electron chi connectivity index (χ1n) is 14.6. The molecule has 11 heteroatoms. The SMILES string of the molecule is Cc1cc(C)n(C(=O)c2c(NC(=O)c3ccc(S(=O)(=O)N(C)c4ccccc4)cc3)sc3c2CCN(Cc2ccccc2)C3)n1. The second-order valence-electron chi connectivity index (χ2n) is 11.1. The highest BCUT2D eigenvalue weighted by atomic mass is 32.2. The zero-order valence-electron chi connectivity index (χ0n) is 25.2. The van der Waals surface area contributed by atoms with E-state index in [-0.39, 0.29) is 16.4 Å². The third kappa shape index (κ3) is 6.19. The molecule has 0 atom stereocenters. The number of amides is 1. The molecule has 9 nitrogen and oxygen atoms in total. The number of nitrogens with one attached hydrogen (secondary N) is 1. The van der Waals surface area contributed by atoms with Gasteiger partial charge in [-0.1, -0.05) is 48.5 Å². The first-order valence-corrected chi connectivity index (χ1v) is 16.8. The molecule has 0 aliphatic carbocycles. The molecule has 1 amide bonds. The van der Waals surface area contributed by atoms with Crippen LogP contribution in [0.1, 0.15) is 48.1 Å². The second-order valence-corrected chi connectivity index (χ2v) is 14.2. The molecule has 1 aliphatic rings. The summed E-state index contributed by atoms with van der Waals surface area (Å²) in [6.45, 7) is 5.89. The maximum Gasteiger partial charge on any atom is 0.281 e. The standard InChI is InChI=1S/C34H33N5O4S2/c1-23-20-24(2)39(36-23)34(41)31-29-18-19-38(21-25-10-6-4-7-11-25)22-30(29)44-33(31)35-32(40)26-14-16-28(17-15-26)45(42,43)37(3)27-12-8-5-9-13-27/h4-17,20H,18-19,21-22H2,1-3H3,(H,35,40). The van der Waals surface area contributed by atoms with Crippen molar-refractivity contribution in [1.29, 1.82) is 0 Å². The van der Waals surface area contributed by atoms with Crippen LogP contribution in [-0.2, 0) is 29.5 Å². The number of hydrogen-bond donors (Lipinski definition) is 1. The summed E-state index contributed by atoms with van der Waals surface area (Å²) in [5, 5.41) is 7.85. The van der Waals surface area contributed by atoms with Crippen LogP contribution in [0.15, 0.2) is 95.9 Å². The zero-order valence-corrected chi connectivity index (χ0v) is 26.9. The third-order valence-corrected chi connectivity index (χ3v) is 10.9. The molecule has 0 spiro atoms. The molecule has 2 aromatic heterocycles. The number of benzene rings is 3. The monoisotopic (exact) mass is 639 g/mol. The predicted octanol–water partition coefficient (Wildman–Crippen LogP) is 5.89. The van der Waals surface area contributed by atoms with Gasteiger partial charge < -0.3 is 5.32 Å². The third-order valence-electron chi connectivity index (χ3n) is 7.92. The first kappa shape index (κ1) is 30.4. The van der Waals surface area contributed by atoms with Crippen molar-refractivity contribution in [3.05, 3.63) is 130 Å².